The first kappa shape index (κ1) is 17.8. The number of carbonyl (C=O) groups excluding carboxylic acids is 2. The molecule has 0 spiro atoms. The molecule has 2 N–H and O–H groups in total. The molecule has 2 saturated heterocycles. The lowest BCUT2D eigenvalue weighted by Gasteiger charge is -2.33. The zero-order chi connectivity index (χ0) is 15.4. The van der Waals surface area contributed by atoms with Gasteiger partial charge in [-0.3, -0.25) is 9.59 Å². The average molecular weight is 338 g/mol. The van der Waals surface area contributed by atoms with E-state index in [4.69, 9.17) is 0 Å². The summed E-state index contributed by atoms with van der Waals surface area (Å²) in [5.74, 6) is 0.202. The first-order valence-electron chi connectivity index (χ1n) is 8.12. The third kappa shape index (κ3) is 4.45. The van der Waals surface area contributed by atoms with Gasteiger partial charge in [-0.25, -0.2) is 0 Å². The lowest BCUT2D eigenvalue weighted by Crippen LogP contribution is -2.50. The zero-order valence-corrected chi connectivity index (χ0v) is 14.0. The number of nitrogens with zero attached hydrogens (tertiary/aromatic N) is 1. The fourth-order valence-corrected chi connectivity index (χ4v) is 3.22. The van der Waals surface area contributed by atoms with Crippen molar-refractivity contribution >= 4 is 24.2 Å². The molecule has 0 bridgehead atoms. The maximum atomic E-state index is 12.3. The van der Waals surface area contributed by atoms with E-state index in [1.165, 1.54) is 0 Å². The molecule has 0 saturated carbocycles. The van der Waals surface area contributed by atoms with Crippen molar-refractivity contribution < 1.29 is 9.59 Å². The number of amides is 2. The van der Waals surface area contributed by atoms with Crippen LogP contribution in [0.5, 0.6) is 0 Å². The average Bonchev–Trinajstić information content (AvgIpc) is 3.10. The summed E-state index contributed by atoms with van der Waals surface area (Å²) in [7, 11) is 0. The summed E-state index contributed by atoms with van der Waals surface area (Å²) in [5, 5.41) is 6.33. The van der Waals surface area contributed by atoms with Crippen molar-refractivity contribution in [1.82, 2.24) is 15.5 Å². The summed E-state index contributed by atoms with van der Waals surface area (Å²) >= 11 is 0. The van der Waals surface area contributed by atoms with Gasteiger partial charge in [0, 0.05) is 24.7 Å². The molecule has 1 aromatic rings. The van der Waals surface area contributed by atoms with Crippen LogP contribution in [0.25, 0.3) is 0 Å². The Hall–Kier alpha value is -1.59. The summed E-state index contributed by atoms with van der Waals surface area (Å²) in [4.78, 5) is 26.4. The highest BCUT2D eigenvalue weighted by Gasteiger charge is 2.30. The Labute approximate surface area is 143 Å². The highest BCUT2D eigenvalue weighted by atomic mass is 35.5. The minimum Gasteiger partial charge on any atom is -0.349 e. The van der Waals surface area contributed by atoms with Crippen LogP contribution in [0.2, 0.25) is 0 Å². The number of carbonyl (C=O) groups is 2. The lowest BCUT2D eigenvalue weighted by atomic mass is 10.0. The predicted octanol–water partition coefficient (Wildman–Crippen LogP) is 1.58. The van der Waals surface area contributed by atoms with Gasteiger partial charge in [0.15, 0.2) is 0 Å². The molecule has 126 valence electrons. The van der Waals surface area contributed by atoms with Crippen LogP contribution in [-0.2, 0) is 4.79 Å². The van der Waals surface area contributed by atoms with Crippen LogP contribution >= 0.6 is 12.4 Å². The molecular formula is C17H24ClN3O2. The zero-order valence-electron chi connectivity index (χ0n) is 13.2. The van der Waals surface area contributed by atoms with Crippen LogP contribution in [0.4, 0.5) is 0 Å². The largest absolute Gasteiger partial charge is 0.349 e. The van der Waals surface area contributed by atoms with E-state index in [0.29, 0.717) is 5.56 Å². The topological polar surface area (TPSA) is 61.4 Å². The van der Waals surface area contributed by atoms with Gasteiger partial charge in [0.2, 0.25) is 5.91 Å². The van der Waals surface area contributed by atoms with Crippen LogP contribution < -0.4 is 10.6 Å². The minimum atomic E-state index is -0.0252. The van der Waals surface area contributed by atoms with Gasteiger partial charge in [-0.05, 0) is 44.4 Å². The Kier molecular flexibility index (Phi) is 6.42. The molecule has 5 nitrogen and oxygen atoms in total. The number of halogens is 1. The summed E-state index contributed by atoms with van der Waals surface area (Å²) in [5.41, 5.74) is 0.691. The normalized spacial score (nSPS) is 21.6. The van der Waals surface area contributed by atoms with Gasteiger partial charge >= 0.3 is 0 Å². The number of rotatable bonds is 3. The second-order valence-electron chi connectivity index (χ2n) is 6.09. The summed E-state index contributed by atoms with van der Waals surface area (Å²) in [6.45, 7) is 2.41. The van der Waals surface area contributed by atoms with Crippen molar-refractivity contribution in [2.45, 2.75) is 37.8 Å². The molecule has 23 heavy (non-hydrogen) atoms. The van der Waals surface area contributed by atoms with E-state index in [-0.39, 0.29) is 36.3 Å². The van der Waals surface area contributed by atoms with Crippen molar-refractivity contribution in [2.75, 3.05) is 19.6 Å². The Morgan fingerprint density at radius 2 is 1.78 bits per heavy atom. The van der Waals surface area contributed by atoms with Crippen LogP contribution in [0.3, 0.4) is 0 Å². The van der Waals surface area contributed by atoms with Gasteiger partial charge in [0.1, 0.15) is 0 Å². The first-order chi connectivity index (χ1) is 10.7. The molecule has 2 aliphatic rings. The third-order valence-corrected chi connectivity index (χ3v) is 4.54. The number of hydrogen-bond acceptors (Lipinski definition) is 3. The molecule has 2 aliphatic heterocycles. The minimum absolute atomic E-state index is 0. The SMILES string of the molecule is Cl.O=C(NC1CCN(C(=O)C2CCCN2)CC1)c1ccccc1. The Bertz CT molecular complexity index is 524. The number of likely N-dealkylation sites (tertiary alicyclic amines) is 1. The van der Waals surface area contributed by atoms with Gasteiger partial charge in [0.05, 0.1) is 6.04 Å². The quantitative estimate of drug-likeness (QED) is 0.880. The number of nitrogens with one attached hydrogen (secondary N) is 2. The highest BCUT2D eigenvalue weighted by Crippen LogP contribution is 2.15. The van der Waals surface area contributed by atoms with Crippen LogP contribution in [-0.4, -0.2) is 48.4 Å². The van der Waals surface area contributed by atoms with Crippen molar-refractivity contribution in [3.8, 4) is 0 Å². The van der Waals surface area contributed by atoms with E-state index in [1.807, 2.05) is 35.2 Å². The first-order valence-corrected chi connectivity index (χ1v) is 8.12. The van der Waals surface area contributed by atoms with E-state index in [9.17, 15) is 9.59 Å². The molecule has 2 heterocycles. The fourth-order valence-electron chi connectivity index (χ4n) is 3.22. The molecule has 0 aliphatic carbocycles. The smallest absolute Gasteiger partial charge is 0.251 e. The van der Waals surface area contributed by atoms with Gasteiger partial charge in [-0.2, -0.15) is 0 Å². The Balaban J connectivity index is 0.00000192. The molecule has 1 atom stereocenters. The van der Waals surface area contributed by atoms with Crippen molar-refractivity contribution in [3.05, 3.63) is 35.9 Å². The second kappa shape index (κ2) is 8.31. The molecule has 0 radical (unpaired) electrons. The van der Waals surface area contributed by atoms with Crippen LogP contribution in [0.1, 0.15) is 36.0 Å². The molecule has 2 amide bonds. The van der Waals surface area contributed by atoms with Gasteiger partial charge < -0.3 is 15.5 Å². The summed E-state index contributed by atoms with van der Waals surface area (Å²) in [6, 6.07) is 9.44. The summed E-state index contributed by atoms with van der Waals surface area (Å²) in [6.07, 6.45) is 3.69. The molecular weight excluding hydrogens is 314 g/mol. The maximum Gasteiger partial charge on any atom is 0.251 e. The third-order valence-electron chi connectivity index (χ3n) is 4.54. The number of benzene rings is 1. The van der Waals surface area contributed by atoms with E-state index in [1.54, 1.807) is 0 Å². The maximum absolute atomic E-state index is 12.3. The van der Waals surface area contributed by atoms with Gasteiger partial charge in [-0.1, -0.05) is 18.2 Å². The van der Waals surface area contributed by atoms with E-state index < -0.39 is 0 Å². The number of hydrogen-bond donors (Lipinski definition) is 2. The van der Waals surface area contributed by atoms with Crippen molar-refractivity contribution in [3.63, 3.8) is 0 Å². The molecule has 0 aromatic heterocycles. The van der Waals surface area contributed by atoms with Crippen LogP contribution in [0, 0.1) is 0 Å². The van der Waals surface area contributed by atoms with Crippen molar-refractivity contribution in [2.24, 2.45) is 0 Å². The second-order valence-corrected chi connectivity index (χ2v) is 6.09. The molecule has 2 fully saturated rings. The Morgan fingerprint density at radius 3 is 2.39 bits per heavy atom. The molecule has 1 unspecified atom stereocenters. The van der Waals surface area contributed by atoms with E-state index >= 15 is 0 Å². The molecule has 1 aromatic carbocycles. The van der Waals surface area contributed by atoms with Gasteiger partial charge in [-0.15, -0.1) is 12.4 Å². The van der Waals surface area contributed by atoms with Crippen LogP contribution in [0.15, 0.2) is 30.3 Å². The van der Waals surface area contributed by atoms with Gasteiger partial charge in [0.25, 0.3) is 5.91 Å². The van der Waals surface area contributed by atoms with E-state index in [0.717, 1.165) is 45.3 Å². The van der Waals surface area contributed by atoms with E-state index in [2.05, 4.69) is 10.6 Å². The number of piperidine rings is 1. The predicted molar refractivity (Wildman–Crippen MR) is 91.8 cm³/mol. The van der Waals surface area contributed by atoms with Crippen molar-refractivity contribution in [1.29, 1.82) is 0 Å². The molecule has 3 rings (SSSR count). The monoisotopic (exact) mass is 337 g/mol. The standard InChI is InChI=1S/C17H23N3O2.ClH/c21-16(13-5-2-1-3-6-13)19-14-8-11-20(12-9-14)17(22)15-7-4-10-18-15;/h1-3,5-6,14-15,18H,4,7-12H2,(H,19,21);1H. The summed E-state index contributed by atoms with van der Waals surface area (Å²) < 4.78 is 0. The highest BCUT2D eigenvalue weighted by molar-refractivity contribution is 5.94. The molecule has 6 heteroatoms. The fraction of sp³-hybridized carbons (Fsp3) is 0.529. The lowest BCUT2D eigenvalue weighted by molar-refractivity contribution is -0.134. The Morgan fingerprint density at radius 1 is 1.09 bits per heavy atom.